The largest absolute Gasteiger partial charge is 0.348 e. The lowest BCUT2D eigenvalue weighted by Gasteiger charge is -2.22. The number of hydrogen-bond acceptors (Lipinski definition) is 4. The summed E-state index contributed by atoms with van der Waals surface area (Å²) in [6.07, 6.45) is 7.58. The molecule has 2 aromatic heterocycles. The summed E-state index contributed by atoms with van der Waals surface area (Å²) in [5.41, 5.74) is 2.18. The number of nitrogens with one attached hydrogen (secondary N) is 1. The number of fused-ring (bicyclic) bond motifs is 1. The van der Waals surface area contributed by atoms with Gasteiger partial charge in [0.15, 0.2) is 0 Å². The van der Waals surface area contributed by atoms with Crippen LogP contribution < -0.4 is 5.32 Å². The van der Waals surface area contributed by atoms with Crippen molar-refractivity contribution in [2.45, 2.75) is 38.1 Å². The molecule has 1 fully saturated rings. The van der Waals surface area contributed by atoms with Gasteiger partial charge >= 0.3 is 0 Å². The molecule has 0 aliphatic heterocycles. The quantitative estimate of drug-likeness (QED) is 0.885. The van der Waals surface area contributed by atoms with Crippen LogP contribution in [-0.4, -0.2) is 26.5 Å². The van der Waals surface area contributed by atoms with Crippen molar-refractivity contribution in [1.29, 1.82) is 0 Å². The van der Waals surface area contributed by atoms with Gasteiger partial charge in [-0.1, -0.05) is 30.6 Å². The van der Waals surface area contributed by atoms with Crippen LogP contribution in [0.15, 0.2) is 11.7 Å². The molecule has 0 aromatic carbocycles. The van der Waals surface area contributed by atoms with Gasteiger partial charge in [-0.25, -0.2) is 9.50 Å². The lowest BCUT2D eigenvalue weighted by molar-refractivity contribution is 0.0923. The van der Waals surface area contributed by atoms with Gasteiger partial charge in [-0.05, 0) is 12.8 Å². The molecule has 0 bridgehead atoms. The van der Waals surface area contributed by atoms with E-state index in [1.165, 1.54) is 30.6 Å². The van der Waals surface area contributed by atoms with Crippen molar-refractivity contribution in [3.63, 3.8) is 0 Å². The molecule has 3 rings (SSSR count). The van der Waals surface area contributed by atoms with E-state index in [9.17, 15) is 4.79 Å². The first-order chi connectivity index (χ1) is 8.33. The maximum absolute atomic E-state index is 12.0. The van der Waals surface area contributed by atoms with E-state index in [0.717, 1.165) is 17.8 Å². The van der Waals surface area contributed by atoms with E-state index in [0.29, 0.717) is 11.7 Å². The summed E-state index contributed by atoms with van der Waals surface area (Å²) in [6.45, 7) is 0. The smallest absolute Gasteiger partial charge is 0.271 e. The van der Waals surface area contributed by atoms with Gasteiger partial charge in [0.05, 0.1) is 6.20 Å². The van der Waals surface area contributed by atoms with Crippen LogP contribution >= 0.6 is 11.3 Å². The highest BCUT2D eigenvalue weighted by atomic mass is 32.1. The van der Waals surface area contributed by atoms with E-state index in [2.05, 4.69) is 15.4 Å². The van der Waals surface area contributed by atoms with Gasteiger partial charge in [-0.2, -0.15) is 5.10 Å². The summed E-state index contributed by atoms with van der Waals surface area (Å²) in [5.74, 6) is -0.0744. The van der Waals surface area contributed by atoms with Crippen LogP contribution in [-0.2, 0) is 0 Å². The minimum atomic E-state index is -0.0744. The normalized spacial score (nSPS) is 17.4. The molecule has 1 amide bonds. The SMILES string of the molecule is O=C(NC1CCCCC1)c1cn2ncsc2n1. The van der Waals surface area contributed by atoms with Crippen LogP contribution in [0.25, 0.3) is 4.96 Å². The van der Waals surface area contributed by atoms with Gasteiger partial charge in [0.2, 0.25) is 4.96 Å². The van der Waals surface area contributed by atoms with Crippen LogP contribution in [0.1, 0.15) is 42.6 Å². The molecule has 1 N–H and O–H groups in total. The van der Waals surface area contributed by atoms with Crippen LogP contribution in [0.4, 0.5) is 0 Å². The molecule has 0 atom stereocenters. The zero-order valence-electron chi connectivity index (χ0n) is 9.43. The topological polar surface area (TPSA) is 59.3 Å². The van der Waals surface area contributed by atoms with Crippen LogP contribution in [0.2, 0.25) is 0 Å². The second kappa shape index (κ2) is 4.44. The number of carbonyl (C=O) groups is 1. The number of carbonyl (C=O) groups excluding carboxylic acids is 1. The van der Waals surface area contributed by atoms with Gasteiger partial charge in [0.1, 0.15) is 11.2 Å². The Kier molecular flexibility index (Phi) is 2.80. The molecule has 1 saturated carbocycles. The summed E-state index contributed by atoms with van der Waals surface area (Å²) < 4.78 is 1.64. The average Bonchev–Trinajstić information content (AvgIpc) is 2.90. The van der Waals surface area contributed by atoms with Crippen LogP contribution in [0.3, 0.4) is 0 Å². The molecule has 0 saturated heterocycles. The summed E-state index contributed by atoms with van der Waals surface area (Å²) in [4.78, 5) is 17.0. The van der Waals surface area contributed by atoms with Crippen molar-refractivity contribution in [3.8, 4) is 0 Å². The summed E-state index contributed by atoms with van der Waals surface area (Å²) in [5, 5.41) is 7.11. The van der Waals surface area contributed by atoms with E-state index in [1.54, 1.807) is 16.2 Å². The molecule has 90 valence electrons. The van der Waals surface area contributed by atoms with E-state index >= 15 is 0 Å². The molecule has 0 radical (unpaired) electrons. The van der Waals surface area contributed by atoms with Crippen molar-refractivity contribution in [3.05, 3.63) is 17.4 Å². The van der Waals surface area contributed by atoms with Gasteiger partial charge in [-0.3, -0.25) is 4.79 Å². The Hall–Kier alpha value is -1.43. The molecular weight excluding hydrogens is 236 g/mol. The maximum atomic E-state index is 12.0. The van der Waals surface area contributed by atoms with Crippen LogP contribution in [0, 0.1) is 0 Å². The standard InChI is InChI=1S/C11H14N4OS/c16-10(13-8-4-2-1-3-5-8)9-6-15-11(14-9)17-7-12-15/h6-8H,1-5H2,(H,13,16). The first-order valence-corrected chi connectivity index (χ1v) is 6.80. The Labute approximate surface area is 103 Å². The first kappa shape index (κ1) is 10.7. The molecule has 17 heavy (non-hydrogen) atoms. The summed E-state index contributed by atoms with van der Waals surface area (Å²) in [6, 6.07) is 0.323. The summed E-state index contributed by atoms with van der Waals surface area (Å²) in [7, 11) is 0. The number of hydrogen-bond donors (Lipinski definition) is 1. The van der Waals surface area contributed by atoms with E-state index in [4.69, 9.17) is 0 Å². The number of nitrogens with zero attached hydrogens (tertiary/aromatic N) is 3. The average molecular weight is 250 g/mol. The van der Waals surface area contributed by atoms with Crippen molar-refractivity contribution >= 4 is 22.2 Å². The number of amides is 1. The lowest BCUT2D eigenvalue weighted by Crippen LogP contribution is -2.36. The molecule has 2 aromatic rings. The molecule has 1 aliphatic carbocycles. The lowest BCUT2D eigenvalue weighted by atomic mass is 9.95. The first-order valence-electron chi connectivity index (χ1n) is 5.93. The van der Waals surface area contributed by atoms with Gasteiger partial charge in [0, 0.05) is 6.04 Å². The highest BCUT2D eigenvalue weighted by molar-refractivity contribution is 7.14. The molecular formula is C11H14N4OS. The number of imidazole rings is 1. The van der Waals surface area contributed by atoms with Gasteiger partial charge < -0.3 is 5.32 Å². The minimum Gasteiger partial charge on any atom is -0.348 e. The minimum absolute atomic E-state index is 0.0744. The fraction of sp³-hybridized carbons (Fsp3) is 0.545. The van der Waals surface area contributed by atoms with E-state index in [1.807, 2.05) is 0 Å². The maximum Gasteiger partial charge on any atom is 0.271 e. The van der Waals surface area contributed by atoms with Crippen molar-refractivity contribution < 1.29 is 4.79 Å². The Bertz CT molecular complexity index is 498. The number of rotatable bonds is 2. The Balaban J connectivity index is 1.71. The predicted octanol–water partition coefficient (Wildman–Crippen LogP) is 1.85. The van der Waals surface area contributed by atoms with E-state index < -0.39 is 0 Å². The third-order valence-corrected chi connectivity index (χ3v) is 3.85. The monoisotopic (exact) mass is 250 g/mol. The second-order valence-electron chi connectivity index (χ2n) is 4.40. The third-order valence-electron chi connectivity index (χ3n) is 3.16. The highest BCUT2D eigenvalue weighted by Gasteiger charge is 2.18. The zero-order valence-corrected chi connectivity index (χ0v) is 10.2. The molecule has 0 unspecified atom stereocenters. The van der Waals surface area contributed by atoms with Crippen molar-refractivity contribution in [2.24, 2.45) is 0 Å². The van der Waals surface area contributed by atoms with Crippen molar-refractivity contribution in [1.82, 2.24) is 19.9 Å². The molecule has 0 spiro atoms. The van der Waals surface area contributed by atoms with Crippen molar-refractivity contribution in [2.75, 3.05) is 0 Å². The number of aromatic nitrogens is 3. The molecule has 1 aliphatic rings. The summed E-state index contributed by atoms with van der Waals surface area (Å²) >= 11 is 1.43. The fourth-order valence-electron chi connectivity index (χ4n) is 2.25. The van der Waals surface area contributed by atoms with Gasteiger partial charge in [0.25, 0.3) is 5.91 Å². The molecule has 5 nitrogen and oxygen atoms in total. The highest BCUT2D eigenvalue weighted by Crippen LogP contribution is 2.18. The molecule has 6 heteroatoms. The predicted molar refractivity (Wildman–Crippen MR) is 65.2 cm³/mol. The Morgan fingerprint density at radius 1 is 1.41 bits per heavy atom. The van der Waals surface area contributed by atoms with E-state index in [-0.39, 0.29) is 5.91 Å². The third kappa shape index (κ3) is 2.17. The Morgan fingerprint density at radius 2 is 2.24 bits per heavy atom. The second-order valence-corrected chi connectivity index (χ2v) is 5.21. The van der Waals surface area contributed by atoms with Gasteiger partial charge in [-0.15, -0.1) is 0 Å². The van der Waals surface area contributed by atoms with Crippen LogP contribution in [0.5, 0.6) is 0 Å². The zero-order chi connectivity index (χ0) is 11.7. The fourth-order valence-corrected chi connectivity index (χ4v) is 2.86. The Morgan fingerprint density at radius 3 is 3.00 bits per heavy atom. The molecule has 2 heterocycles.